The van der Waals surface area contributed by atoms with Gasteiger partial charge in [0.2, 0.25) is 0 Å². The molecule has 0 aromatic heterocycles. The van der Waals surface area contributed by atoms with Crippen molar-refractivity contribution in [2.75, 3.05) is 5.73 Å². The van der Waals surface area contributed by atoms with E-state index < -0.39 is 5.97 Å². The van der Waals surface area contributed by atoms with Crippen LogP contribution in [0.5, 0.6) is 5.75 Å². The van der Waals surface area contributed by atoms with Crippen LogP contribution in [0, 0.1) is 0 Å². The Labute approximate surface area is 105 Å². The second kappa shape index (κ2) is 5.23. The second-order valence-corrected chi connectivity index (χ2v) is 3.82. The fourth-order valence-corrected chi connectivity index (χ4v) is 1.52. The molecule has 2 aromatic carbocycles. The van der Waals surface area contributed by atoms with Gasteiger partial charge in [-0.2, -0.15) is 0 Å². The van der Waals surface area contributed by atoms with Gasteiger partial charge in [-0.05, 0) is 30.3 Å². The molecule has 0 amide bonds. The third kappa shape index (κ3) is 2.79. The SMILES string of the molecule is Nc1ccccc1COc1ccc(C(=O)O)cc1. The number of para-hydroxylation sites is 1. The third-order valence-electron chi connectivity index (χ3n) is 2.55. The molecule has 3 N–H and O–H groups in total. The highest BCUT2D eigenvalue weighted by molar-refractivity contribution is 5.87. The molecule has 0 saturated carbocycles. The minimum absolute atomic E-state index is 0.238. The van der Waals surface area contributed by atoms with Gasteiger partial charge in [0.1, 0.15) is 12.4 Å². The molecule has 92 valence electrons. The quantitative estimate of drug-likeness (QED) is 0.809. The first-order valence-corrected chi connectivity index (χ1v) is 5.46. The van der Waals surface area contributed by atoms with Gasteiger partial charge in [-0.15, -0.1) is 0 Å². The van der Waals surface area contributed by atoms with Crippen LogP contribution in [0.2, 0.25) is 0 Å². The summed E-state index contributed by atoms with van der Waals surface area (Å²) in [6.07, 6.45) is 0. The zero-order valence-corrected chi connectivity index (χ0v) is 9.67. The van der Waals surface area contributed by atoms with E-state index in [1.165, 1.54) is 12.1 Å². The van der Waals surface area contributed by atoms with E-state index in [0.29, 0.717) is 18.0 Å². The number of nitrogen functional groups attached to an aromatic ring is 1. The average molecular weight is 243 g/mol. The van der Waals surface area contributed by atoms with Gasteiger partial charge < -0.3 is 15.6 Å². The van der Waals surface area contributed by atoms with Crippen LogP contribution in [0.4, 0.5) is 5.69 Å². The van der Waals surface area contributed by atoms with Crippen molar-refractivity contribution in [3.05, 3.63) is 59.7 Å². The maximum atomic E-state index is 10.7. The smallest absolute Gasteiger partial charge is 0.335 e. The van der Waals surface area contributed by atoms with E-state index >= 15 is 0 Å². The molecule has 2 rings (SSSR count). The Bertz CT molecular complexity index is 549. The lowest BCUT2D eigenvalue weighted by molar-refractivity contribution is 0.0697. The van der Waals surface area contributed by atoms with Gasteiger partial charge in [0.25, 0.3) is 0 Å². The van der Waals surface area contributed by atoms with Gasteiger partial charge in [0, 0.05) is 11.3 Å². The number of benzene rings is 2. The molecule has 0 aliphatic heterocycles. The lowest BCUT2D eigenvalue weighted by atomic mass is 10.2. The molecule has 4 nitrogen and oxygen atoms in total. The molecular formula is C14H13NO3. The van der Waals surface area contributed by atoms with Gasteiger partial charge in [-0.25, -0.2) is 4.79 Å². The largest absolute Gasteiger partial charge is 0.489 e. The Hall–Kier alpha value is -2.49. The summed E-state index contributed by atoms with van der Waals surface area (Å²) in [5.74, 6) is -0.336. The van der Waals surface area contributed by atoms with Gasteiger partial charge in [-0.3, -0.25) is 0 Å². The number of nitrogens with two attached hydrogens (primary N) is 1. The molecule has 0 bridgehead atoms. The highest BCUT2D eigenvalue weighted by Crippen LogP contribution is 2.16. The van der Waals surface area contributed by atoms with Gasteiger partial charge >= 0.3 is 5.97 Å². The summed E-state index contributed by atoms with van der Waals surface area (Å²) in [6.45, 7) is 0.360. The van der Waals surface area contributed by atoms with E-state index in [9.17, 15) is 4.79 Å². The third-order valence-corrected chi connectivity index (χ3v) is 2.55. The lowest BCUT2D eigenvalue weighted by Gasteiger charge is -2.08. The van der Waals surface area contributed by atoms with Crippen molar-refractivity contribution >= 4 is 11.7 Å². The summed E-state index contributed by atoms with van der Waals surface area (Å²) in [6, 6.07) is 13.7. The van der Waals surface area contributed by atoms with Crippen LogP contribution in [0.15, 0.2) is 48.5 Å². The molecule has 0 aliphatic rings. The van der Waals surface area contributed by atoms with E-state index in [1.807, 2.05) is 24.3 Å². The molecule has 0 radical (unpaired) electrons. The van der Waals surface area contributed by atoms with Gasteiger partial charge in [-0.1, -0.05) is 18.2 Å². The first kappa shape index (κ1) is 12.0. The summed E-state index contributed by atoms with van der Waals surface area (Å²) in [5, 5.41) is 8.76. The van der Waals surface area contributed by atoms with Crippen molar-refractivity contribution in [1.82, 2.24) is 0 Å². The van der Waals surface area contributed by atoms with Crippen LogP contribution in [0.1, 0.15) is 15.9 Å². The summed E-state index contributed by atoms with van der Waals surface area (Å²) in [5.41, 5.74) is 7.61. The molecule has 0 heterocycles. The Morgan fingerprint density at radius 1 is 1.11 bits per heavy atom. The van der Waals surface area contributed by atoms with Crippen molar-refractivity contribution in [2.45, 2.75) is 6.61 Å². The summed E-state index contributed by atoms with van der Waals surface area (Å²) in [7, 11) is 0. The summed E-state index contributed by atoms with van der Waals surface area (Å²) < 4.78 is 5.53. The topological polar surface area (TPSA) is 72.5 Å². The van der Waals surface area contributed by atoms with Crippen molar-refractivity contribution in [3.8, 4) is 5.75 Å². The predicted octanol–water partition coefficient (Wildman–Crippen LogP) is 2.55. The minimum atomic E-state index is -0.950. The van der Waals surface area contributed by atoms with Crippen LogP contribution in [0.25, 0.3) is 0 Å². The predicted molar refractivity (Wildman–Crippen MR) is 68.6 cm³/mol. The Kier molecular flexibility index (Phi) is 3.48. The molecule has 18 heavy (non-hydrogen) atoms. The van der Waals surface area contributed by atoms with Crippen LogP contribution in [-0.4, -0.2) is 11.1 Å². The second-order valence-electron chi connectivity index (χ2n) is 3.82. The number of anilines is 1. The highest BCUT2D eigenvalue weighted by Gasteiger charge is 2.03. The average Bonchev–Trinajstić information content (AvgIpc) is 2.38. The molecule has 0 unspecified atom stereocenters. The van der Waals surface area contributed by atoms with Crippen LogP contribution >= 0.6 is 0 Å². The van der Waals surface area contributed by atoms with Crippen LogP contribution in [0.3, 0.4) is 0 Å². The Balaban J connectivity index is 2.02. The first-order chi connectivity index (χ1) is 8.66. The molecule has 4 heteroatoms. The number of ether oxygens (including phenoxy) is 1. The van der Waals surface area contributed by atoms with Crippen LogP contribution < -0.4 is 10.5 Å². The lowest BCUT2D eigenvalue weighted by Crippen LogP contribution is -2.00. The first-order valence-electron chi connectivity index (χ1n) is 5.46. The van der Waals surface area contributed by atoms with Crippen molar-refractivity contribution in [2.24, 2.45) is 0 Å². The molecule has 0 spiro atoms. The summed E-state index contributed by atoms with van der Waals surface area (Å²) in [4.78, 5) is 10.7. The van der Waals surface area contributed by atoms with Crippen LogP contribution in [-0.2, 0) is 6.61 Å². The van der Waals surface area contributed by atoms with Crippen molar-refractivity contribution in [3.63, 3.8) is 0 Å². The summed E-state index contributed by atoms with van der Waals surface area (Å²) >= 11 is 0. The van der Waals surface area contributed by atoms with E-state index in [-0.39, 0.29) is 5.56 Å². The highest BCUT2D eigenvalue weighted by atomic mass is 16.5. The van der Waals surface area contributed by atoms with E-state index in [4.69, 9.17) is 15.6 Å². The number of rotatable bonds is 4. The number of aromatic carboxylic acids is 1. The van der Waals surface area contributed by atoms with Gasteiger partial charge in [0.15, 0.2) is 0 Å². The number of hydrogen-bond acceptors (Lipinski definition) is 3. The maximum Gasteiger partial charge on any atom is 0.335 e. The van der Waals surface area contributed by atoms with E-state index in [0.717, 1.165) is 5.56 Å². The molecule has 0 atom stereocenters. The molecule has 2 aromatic rings. The monoisotopic (exact) mass is 243 g/mol. The van der Waals surface area contributed by atoms with Gasteiger partial charge in [0.05, 0.1) is 5.56 Å². The molecule has 0 fully saturated rings. The van der Waals surface area contributed by atoms with Crippen molar-refractivity contribution < 1.29 is 14.6 Å². The Morgan fingerprint density at radius 3 is 2.39 bits per heavy atom. The molecular weight excluding hydrogens is 230 g/mol. The number of hydrogen-bond donors (Lipinski definition) is 2. The van der Waals surface area contributed by atoms with E-state index in [2.05, 4.69) is 0 Å². The molecule has 0 aliphatic carbocycles. The maximum absolute atomic E-state index is 10.7. The number of carbonyl (C=O) groups is 1. The standard InChI is InChI=1S/C14H13NO3/c15-13-4-2-1-3-11(13)9-18-12-7-5-10(6-8-12)14(16)17/h1-8H,9,15H2,(H,16,17). The van der Waals surface area contributed by atoms with Crippen molar-refractivity contribution in [1.29, 1.82) is 0 Å². The Morgan fingerprint density at radius 2 is 1.78 bits per heavy atom. The normalized spacial score (nSPS) is 10.0. The zero-order chi connectivity index (χ0) is 13.0. The van der Waals surface area contributed by atoms with E-state index in [1.54, 1.807) is 12.1 Å². The fraction of sp³-hybridized carbons (Fsp3) is 0.0714. The zero-order valence-electron chi connectivity index (χ0n) is 9.67. The minimum Gasteiger partial charge on any atom is -0.489 e. The molecule has 0 saturated heterocycles. The number of carboxylic acids is 1. The fourth-order valence-electron chi connectivity index (χ4n) is 1.52. The number of carboxylic acid groups (broad SMARTS) is 1.